The van der Waals surface area contributed by atoms with Gasteiger partial charge >= 0.3 is 10.1 Å². The van der Waals surface area contributed by atoms with E-state index in [9.17, 15) is 23.3 Å². The normalized spacial score (nSPS) is 11.4. The highest BCUT2D eigenvalue weighted by atomic mass is 32.2. The first-order valence-corrected chi connectivity index (χ1v) is 11.3. The van der Waals surface area contributed by atoms with Gasteiger partial charge in [0.1, 0.15) is 4.90 Å². The van der Waals surface area contributed by atoms with E-state index in [1.165, 1.54) is 48.7 Å². The van der Waals surface area contributed by atoms with E-state index in [2.05, 4.69) is 10.5 Å². The van der Waals surface area contributed by atoms with Gasteiger partial charge in [0.05, 0.1) is 11.1 Å². The van der Waals surface area contributed by atoms with Crippen LogP contribution in [0.4, 0.5) is 5.69 Å². The van der Waals surface area contributed by atoms with Gasteiger partial charge in [-0.25, -0.2) is 5.43 Å². The molecule has 4 rings (SSSR count). The number of hydrogen-bond acceptors (Lipinski definition) is 7. The second kappa shape index (κ2) is 9.51. The number of nitro benzene ring substituents is 1. The third-order valence-electron chi connectivity index (χ3n) is 4.84. The molecule has 1 N–H and O–H groups in total. The van der Waals surface area contributed by atoms with Crippen LogP contribution in [0.15, 0.2) is 101 Å². The highest BCUT2D eigenvalue weighted by Gasteiger charge is 2.18. The molecule has 0 aliphatic rings. The number of nitrogens with zero attached hydrogens (tertiary/aromatic N) is 2. The molecule has 0 unspecified atom stereocenters. The van der Waals surface area contributed by atoms with Crippen LogP contribution >= 0.6 is 0 Å². The summed E-state index contributed by atoms with van der Waals surface area (Å²) in [5, 5.41) is 16.2. The number of non-ortho nitro benzene ring substituents is 1. The van der Waals surface area contributed by atoms with Crippen LogP contribution in [0.5, 0.6) is 5.75 Å². The van der Waals surface area contributed by atoms with Crippen molar-refractivity contribution in [2.75, 3.05) is 0 Å². The van der Waals surface area contributed by atoms with Crippen molar-refractivity contribution in [3.05, 3.63) is 112 Å². The summed E-state index contributed by atoms with van der Waals surface area (Å²) in [7, 11) is -4.13. The molecule has 0 saturated carbocycles. The monoisotopic (exact) mass is 475 g/mol. The summed E-state index contributed by atoms with van der Waals surface area (Å²) in [4.78, 5) is 22.4. The zero-order valence-corrected chi connectivity index (χ0v) is 18.3. The molecule has 0 atom stereocenters. The summed E-state index contributed by atoms with van der Waals surface area (Å²) >= 11 is 0. The number of fused-ring (bicyclic) bond motifs is 1. The molecule has 10 heteroatoms. The van der Waals surface area contributed by atoms with Crippen LogP contribution < -0.4 is 9.61 Å². The molecule has 4 aromatic carbocycles. The standard InChI is InChI=1S/C24H17N3O6S/c28-24(18-9-12-21(13-10-18)27(29)30)26-25-16-20-7-3-4-8-23(20)33-34(31,32)22-14-11-17-5-1-2-6-19(17)15-22/h1-16H,(H,26,28)/b25-16-. The van der Waals surface area contributed by atoms with E-state index in [1.807, 2.05) is 24.3 Å². The van der Waals surface area contributed by atoms with E-state index in [1.54, 1.807) is 24.3 Å². The number of amides is 1. The van der Waals surface area contributed by atoms with E-state index >= 15 is 0 Å². The van der Waals surface area contributed by atoms with Crippen LogP contribution in [0.1, 0.15) is 15.9 Å². The second-order valence-corrected chi connectivity index (χ2v) is 8.63. The Kier molecular flexibility index (Phi) is 6.33. The molecule has 1 amide bonds. The summed E-state index contributed by atoms with van der Waals surface area (Å²) in [5.41, 5.74) is 2.64. The average Bonchev–Trinajstić information content (AvgIpc) is 2.84. The van der Waals surface area contributed by atoms with E-state index in [4.69, 9.17) is 4.18 Å². The quantitative estimate of drug-likeness (QED) is 0.184. The van der Waals surface area contributed by atoms with Gasteiger partial charge in [-0.2, -0.15) is 13.5 Å². The molecule has 170 valence electrons. The van der Waals surface area contributed by atoms with E-state index in [0.717, 1.165) is 10.8 Å². The lowest BCUT2D eigenvalue weighted by atomic mass is 10.1. The molecule has 0 heterocycles. The van der Waals surface area contributed by atoms with E-state index in [0.29, 0.717) is 5.56 Å². The lowest BCUT2D eigenvalue weighted by Crippen LogP contribution is -2.17. The Labute approximate surface area is 194 Å². The lowest BCUT2D eigenvalue weighted by Gasteiger charge is -2.10. The highest BCUT2D eigenvalue weighted by Crippen LogP contribution is 2.24. The summed E-state index contributed by atoms with van der Waals surface area (Å²) in [6.45, 7) is 0. The van der Waals surface area contributed by atoms with Gasteiger partial charge in [-0.15, -0.1) is 0 Å². The summed E-state index contributed by atoms with van der Waals surface area (Å²) in [6, 6.07) is 23.4. The Balaban J connectivity index is 1.50. The van der Waals surface area contributed by atoms with Crippen molar-refractivity contribution in [2.24, 2.45) is 5.10 Å². The van der Waals surface area contributed by atoms with Gasteiger partial charge in [-0.05, 0) is 47.2 Å². The molecule has 0 fully saturated rings. The Morgan fingerprint density at radius 1 is 0.912 bits per heavy atom. The summed E-state index contributed by atoms with van der Waals surface area (Å²) in [6.07, 6.45) is 1.24. The van der Waals surface area contributed by atoms with Crippen LogP contribution in [-0.2, 0) is 10.1 Å². The minimum atomic E-state index is -4.13. The van der Waals surface area contributed by atoms with Crippen LogP contribution in [0.25, 0.3) is 10.8 Å². The van der Waals surface area contributed by atoms with Crippen LogP contribution in [0.3, 0.4) is 0 Å². The maximum absolute atomic E-state index is 12.9. The molecule has 0 aliphatic heterocycles. The minimum absolute atomic E-state index is 0.00409. The van der Waals surface area contributed by atoms with Crippen molar-refractivity contribution >= 4 is 38.7 Å². The molecule has 0 aliphatic carbocycles. The fourth-order valence-electron chi connectivity index (χ4n) is 3.11. The maximum atomic E-state index is 12.9. The highest BCUT2D eigenvalue weighted by molar-refractivity contribution is 7.87. The van der Waals surface area contributed by atoms with Crippen LogP contribution in [0, 0.1) is 10.1 Å². The van der Waals surface area contributed by atoms with Gasteiger partial charge in [-0.3, -0.25) is 14.9 Å². The fraction of sp³-hybridized carbons (Fsp3) is 0. The molecule has 0 aromatic heterocycles. The van der Waals surface area contributed by atoms with Gasteiger partial charge in [0.15, 0.2) is 5.75 Å². The number of nitro groups is 1. The second-order valence-electron chi connectivity index (χ2n) is 7.09. The maximum Gasteiger partial charge on any atom is 0.339 e. The number of carbonyl (C=O) groups is 1. The first kappa shape index (κ1) is 22.6. The van der Waals surface area contributed by atoms with Crippen molar-refractivity contribution in [1.29, 1.82) is 0 Å². The van der Waals surface area contributed by atoms with Crippen LogP contribution in [-0.4, -0.2) is 25.5 Å². The largest absolute Gasteiger partial charge is 0.378 e. The zero-order valence-electron chi connectivity index (χ0n) is 17.5. The predicted octanol–water partition coefficient (Wildman–Crippen LogP) is 4.28. The number of hydrogen-bond donors (Lipinski definition) is 1. The van der Waals surface area contributed by atoms with E-state index < -0.39 is 20.9 Å². The van der Waals surface area contributed by atoms with Crippen LogP contribution in [0.2, 0.25) is 0 Å². The van der Waals surface area contributed by atoms with Gasteiger partial charge < -0.3 is 4.18 Å². The van der Waals surface area contributed by atoms with Gasteiger partial charge in [0, 0.05) is 23.3 Å². The number of benzene rings is 4. The molecule has 0 spiro atoms. The first-order valence-electron chi connectivity index (χ1n) is 9.94. The number of para-hydroxylation sites is 1. The third-order valence-corrected chi connectivity index (χ3v) is 6.07. The molecule has 4 aromatic rings. The molecular formula is C24H17N3O6S. The SMILES string of the molecule is O=C(N/N=C\c1ccccc1OS(=O)(=O)c1ccc2ccccc2c1)c1ccc([N+](=O)[O-])cc1. The van der Waals surface area contributed by atoms with Gasteiger partial charge in [-0.1, -0.05) is 42.5 Å². The number of nitrogens with one attached hydrogen (secondary N) is 1. The zero-order chi connectivity index (χ0) is 24.1. The lowest BCUT2D eigenvalue weighted by molar-refractivity contribution is -0.384. The van der Waals surface area contributed by atoms with Crippen molar-refractivity contribution in [3.63, 3.8) is 0 Å². The Morgan fingerprint density at radius 3 is 2.32 bits per heavy atom. The third kappa shape index (κ3) is 5.08. The average molecular weight is 475 g/mol. The number of carbonyl (C=O) groups excluding carboxylic acids is 1. The number of hydrazone groups is 1. The Morgan fingerprint density at radius 2 is 1.59 bits per heavy atom. The predicted molar refractivity (Wildman–Crippen MR) is 126 cm³/mol. The summed E-state index contributed by atoms with van der Waals surface area (Å²) < 4.78 is 31.1. The molecule has 0 radical (unpaired) electrons. The van der Waals surface area contributed by atoms with Gasteiger partial charge in [0.2, 0.25) is 0 Å². The molecule has 0 bridgehead atoms. The van der Waals surface area contributed by atoms with Crippen molar-refractivity contribution < 1.29 is 22.3 Å². The minimum Gasteiger partial charge on any atom is -0.378 e. The van der Waals surface area contributed by atoms with E-state index in [-0.39, 0.29) is 21.9 Å². The summed E-state index contributed by atoms with van der Waals surface area (Å²) in [5.74, 6) is -0.558. The van der Waals surface area contributed by atoms with Crippen molar-refractivity contribution in [3.8, 4) is 5.75 Å². The molecular weight excluding hydrogens is 458 g/mol. The van der Waals surface area contributed by atoms with Crippen molar-refractivity contribution in [1.82, 2.24) is 5.43 Å². The smallest absolute Gasteiger partial charge is 0.339 e. The Hall–Kier alpha value is -4.57. The molecule has 34 heavy (non-hydrogen) atoms. The molecule has 9 nitrogen and oxygen atoms in total. The molecule has 0 saturated heterocycles. The first-order chi connectivity index (χ1) is 16.3. The fourth-order valence-corrected chi connectivity index (χ4v) is 4.10. The Bertz CT molecular complexity index is 1520. The topological polar surface area (TPSA) is 128 Å². The number of rotatable bonds is 7. The van der Waals surface area contributed by atoms with Crippen molar-refractivity contribution in [2.45, 2.75) is 4.90 Å². The van der Waals surface area contributed by atoms with Gasteiger partial charge in [0.25, 0.3) is 11.6 Å².